The average molecular weight is 462 g/mol. The van der Waals surface area contributed by atoms with Crippen LogP contribution in [-0.2, 0) is 6.42 Å². The quantitative estimate of drug-likeness (QED) is 0.364. The summed E-state index contributed by atoms with van der Waals surface area (Å²) in [4.78, 5) is 27.6. The number of fused-ring (bicyclic) bond motifs is 1. The van der Waals surface area contributed by atoms with E-state index in [1.807, 2.05) is 24.3 Å². The van der Waals surface area contributed by atoms with Crippen LogP contribution in [0.3, 0.4) is 0 Å². The summed E-state index contributed by atoms with van der Waals surface area (Å²) in [5, 5.41) is 21.0. The minimum atomic E-state index is -0.654. The highest BCUT2D eigenvalue weighted by Gasteiger charge is 2.32. The minimum Gasteiger partial charge on any atom is -0.390 e. The van der Waals surface area contributed by atoms with Crippen molar-refractivity contribution in [3.8, 4) is 5.69 Å². The van der Waals surface area contributed by atoms with Crippen LogP contribution in [0.5, 0.6) is 0 Å². The molecule has 2 atom stereocenters. The maximum absolute atomic E-state index is 12.7. The number of hydrogen-bond donors (Lipinski definition) is 4. The number of halogens is 1. The second-order valence-electron chi connectivity index (χ2n) is 7.79. The van der Waals surface area contributed by atoms with Gasteiger partial charge in [-0.25, -0.2) is 4.79 Å². The summed E-state index contributed by atoms with van der Waals surface area (Å²) in [6.45, 7) is 0. The van der Waals surface area contributed by atoms with Crippen LogP contribution in [0.15, 0.2) is 77.6 Å². The number of H-pyrrole nitrogens is 1. The molecule has 1 aromatic heterocycles. The molecule has 5 rings (SSSR count). The van der Waals surface area contributed by atoms with E-state index in [2.05, 4.69) is 20.7 Å². The number of carbonyl (C=O) groups excluding carboxylic acids is 1. The Bertz CT molecular complexity index is 1380. The van der Waals surface area contributed by atoms with Crippen molar-refractivity contribution in [2.45, 2.75) is 18.6 Å². The zero-order valence-corrected chi connectivity index (χ0v) is 18.1. The number of nitrogens with zero attached hydrogens (tertiary/aromatic N) is 2. The molecule has 2 unspecified atom stereocenters. The van der Waals surface area contributed by atoms with Gasteiger partial charge in [-0.3, -0.25) is 9.78 Å². The van der Waals surface area contributed by atoms with Crippen molar-refractivity contribution < 1.29 is 9.90 Å². The Morgan fingerprint density at radius 2 is 1.88 bits per heavy atom. The van der Waals surface area contributed by atoms with Crippen LogP contribution >= 0.6 is 11.6 Å². The van der Waals surface area contributed by atoms with E-state index in [4.69, 9.17) is 11.6 Å². The van der Waals surface area contributed by atoms with Gasteiger partial charge in [-0.05, 0) is 53.6 Å². The first-order valence-electron chi connectivity index (χ1n) is 10.4. The minimum absolute atomic E-state index is 0.253. The molecule has 0 saturated carbocycles. The molecule has 0 spiro atoms. The van der Waals surface area contributed by atoms with E-state index in [1.165, 1.54) is 4.68 Å². The van der Waals surface area contributed by atoms with Gasteiger partial charge in [-0.15, -0.1) is 5.10 Å². The Hall–Kier alpha value is -3.88. The molecule has 4 N–H and O–H groups in total. The van der Waals surface area contributed by atoms with E-state index in [9.17, 15) is 14.7 Å². The number of hydrogen-bond acceptors (Lipinski definition) is 5. The third-order valence-electron chi connectivity index (χ3n) is 5.57. The fourth-order valence-corrected chi connectivity index (χ4v) is 4.16. The fraction of sp³-hybridized carbons (Fsp3) is 0.125. The molecule has 1 amide bonds. The van der Waals surface area contributed by atoms with Gasteiger partial charge in [0.1, 0.15) is 0 Å². The van der Waals surface area contributed by atoms with Crippen molar-refractivity contribution in [2.75, 3.05) is 5.32 Å². The van der Waals surface area contributed by atoms with Crippen LogP contribution in [0.1, 0.15) is 27.5 Å². The summed E-state index contributed by atoms with van der Waals surface area (Å²) in [7, 11) is 0. The van der Waals surface area contributed by atoms with Crippen molar-refractivity contribution >= 4 is 29.1 Å². The van der Waals surface area contributed by atoms with E-state index in [1.54, 1.807) is 48.5 Å². The molecule has 0 saturated heterocycles. The number of aliphatic hydroxyl groups is 1. The van der Waals surface area contributed by atoms with Gasteiger partial charge in [0.05, 0.1) is 17.8 Å². The predicted molar refractivity (Wildman–Crippen MR) is 125 cm³/mol. The van der Waals surface area contributed by atoms with Crippen LogP contribution in [0.4, 0.5) is 11.6 Å². The van der Waals surface area contributed by atoms with Gasteiger partial charge >= 0.3 is 5.69 Å². The normalized spacial score (nSPS) is 16.9. The highest BCUT2D eigenvalue weighted by molar-refractivity contribution is 6.30. The number of aromatic amines is 1. The Morgan fingerprint density at radius 3 is 2.67 bits per heavy atom. The largest absolute Gasteiger partial charge is 0.390 e. The Morgan fingerprint density at radius 1 is 1.09 bits per heavy atom. The lowest BCUT2D eigenvalue weighted by molar-refractivity contribution is 0.0858. The fourth-order valence-electron chi connectivity index (χ4n) is 3.98. The molecule has 1 aliphatic rings. The number of anilines is 2. The van der Waals surface area contributed by atoms with Crippen LogP contribution in [-0.4, -0.2) is 31.9 Å². The van der Waals surface area contributed by atoms with Gasteiger partial charge < -0.3 is 15.7 Å². The number of nitrogens with one attached hydrogen (secondary N) is 3. The Labute approximate surface area is 193 Å². The van der Waals surface area contributed by atoms with E-state index in [0.29, 0.717) is 28.4 Å². The number of benzene rings is 3. The summed E-state index contributed by atoms with van der Waals surface area (Å²) in [5.41, 5.74) is 3.21. The molecule has 0 fully saturated rings. The number of aliphatic hydroxyl groups excluding tert-OH is 1. The van der Waals surface area contributed by atoms with E-state index < -0.39 is 17.8 Å². The number of aromatic nitrogens is 3. The molecule has 33 heavy (non-hydrogen) atoms. The molecule has 4 aromatic rings. The van der Waals surface area contributed by atoms with Crippen molar-refractivity contribution in [3.05, 3.63) is 105 Å². The van der Waals surface area contributed by atoms with Gasteiger partial charge in [0.2, 0.25) is 5.95 Å². The lowest BCUT2D eigenvalue weighted by Crippen LogP contribution is -2.33. The van der Waals surface area contributed by atoms with Crippen LogP contribution in [0.2, 0.25) is 5.02 Å². The molecule has 0 radical (unpaired) electrons. The van der Waals surface area contributed by atoms with Gasteiger partial charge in [-0.2, -0.15) is 4.68 Å². The van der Waals surface area contributed by atoms with Crippen LogP contribution < -0.4 is 16.3 Å². The lowest BCUT2D eigenvalue weighted by atomic mass is 10.1. The van der Waals surface area contributed by atoms with Crippen molar-refractivity contribution in [2.24, 2.45) is 0 Å². The Kier molecular flexibility index (Phi) is 5.45. The maximum Gasteiger partial charge on any atom is 0.349 e. The molecule has 166 valence electrons. The molecule has 1 aliphatic carbocycles. The molecule has 1 heterocycles. The summed E-state index contributed by atoms with van der Waals surface area (Å²) in [6.07, 6.45) is -0.136. The zero-order chi connectivity index (χ0) is 22.9. The van der Waals surface area contributed by atoms with E-state index in [-0.39, 0.29) is 11.9 Å². The number of carbonyl (C=O) groups is 1. The highest BCUT2D eigenvalue weighted by atomic mass is 35.5. The van der Waals surface area contributed by atoms with E-state index in [0.717, 1.165) is 11.1 Å². The first kappa shape index (κ1) is 21.0. The second-order valence-corrected chi connectivity index (χ2v) is 8.23. The van der Waals surface area contributed by atoms with Crippen molar-refractivity contribution in [3.63, 3.8) is 0 Å². The molecule has 3 aromatic carbocycles. The van der Waals surface area contributed by atoms with Crippen LogP contribution in [0.25, 0.3) is 5.69 Å². The first-order valence-corrected chi connectivity index (χ1v) is 10.7. The van der Waals surface area contributed by atoms with Gasteiger partial charge in [0.25, 0.3) is 5.91 Å². The third-order valence-corrected chi connectivity index (χ3v) is 5.81. The lowest BCUT2D eigenvalue weighted by Gasteiger charge is -2.18. The molecular formula is C24H20ClN5O3. The van der Waals surface area contributed by atoms with Gasteiger partial charge in [0.15, 0.2) is 0 Å². The van der Waals surface area contributed by atoms with Gasteiger partial charge in [0, 0.05) is 22.7 Å². The van der Waals surface area contributed by atoms with Crippen LogP contribution in [0, 0.1) is 0 Å². The maximum atomic E-state index is 12.7. The standard InChI is InChI=1S/C24H20ClN5O3/c25-16-5-3-6-18(13-16)30-24(33)28-23(29-30)26-17-10-8-14(9-11-17)22(32)27-21-19-7-2-1-4-15(19)12-20(21)31/h1-11,13,20-21,31H,12H2,(H,27,32)(H2,26,28,29,33). The summed E-state index contributed by atoms with van der Waals surface area (Å²) in [6, 6.07) is 20.8. The molecule has 0 bridgehead atoms. The molecular weight excluding hydrogens is 442 g/mol. The topological polar surface area (TPSA) is 112 Å². The SMILES string of the molecule is O=C(NC1c2ccccc2CC1O)c1ccc(Nc2nn(-c3cccc(Cl)c3)c(=O)[nH]2)cc1. The Balaban J connectivity index is 1.28. The summed E-state index contributed by atoms with van der Waals surface area (Å²) >= 11 is 5.99. The van der Waals surface area contributed by atoms with E-state index >= 15 is 0 Å². The molecule has 8 nitrogen and oxygen atoms in total. The number of amides is 1. The second kappa shape index (κ2) is 8.57. The zero-order valence-electron chi connectivity index (χ0n) is 17.3. The summed E-state index contributed by atoms with van der Waals surface area (Å²) < 4.78 is 1.21. The number of rotatable bonds is 5. The molecule has 9 heteroatoms. The first-order chi connectivity index (χ1) is 16.0. The smallest absolute Gasteiger partial charge is 0.349 e. The third kappa shape index (κ3) is 4.26. The monoisotopic (exact) mass is 461 g/mol. The van der Waals surface area contributed by atoms with Crippen molar-refractivity contribution in [1.82, 2.24) is 20.1 Å². The average Bonchev–Trinajstić information content (AvgIpc) is 3.33. The summed E-state index contributed by atoms with van der Waals surface area (Å²) in [5.74, 6) is -0.0243. The van der Waals surface area contributed by atoms with Crippen molar-refractivity contribution in [1.29, 1.82) is 0 Å². The van der Waals surface area contributed by atoms with Gasteiger partial charge in [-0.1, -0.05) is 41.9 Å². The highest BCUT2D eigenvalue weighted by Crippen LogP contribution is 2.31. The molecule has 0 aliphatic heterocycles. The predicted octanol–water partition coefficient (Wildman–Crippen LogP) is 3.35.